The van der Waals surface area contributed by atoms with Crippen LogP contribution < -0.4 is 4.90 Å². The number of benzene rings is 2. The van der Waals surface area contributed by atoms with Crippen LogP contribution in [-0.4, -0.2) is 52.8 Å². The fourth-order valence-electron chi connectivity index (χ4n) is 3.36. The van der Waals surface area contributed by atoms with E-state index < -0.39 is 4.92 Å². The van der Waals surface area contributed by atoms with Gasteiger partial charge >= 0.3 is 0 Å². The van der Waals surface area contributed by atoms with Gasteiger partial charge in [-0.15, -0.1) is 11.8 Å². The molecule has 1 amide bonds. The van der Waals surface area contributed by atoms with Gasteiger partial charge in [-0.3, -0.25) is 14.9 Å². The highest BCUT2D eigenvalue weighted by Crippen LogP contribution is 2.31. The van der Waals surface area contributed by atoms with E-state index in [2.05, 4.69) is 18.7 Å². The Morgan fingerprint density at radius 2 is 1.90 bits per heavy atom. The number of hydrogen-bond donors (Lipinski definition) is 1. The molecule has 0 radical (unpaired) electrons. The molecule has 160 valence electrons. The summed E-state index contributed by atoms with van der Waals surface area (Å²) in [6.07, 6.45) is 0.978. The Morgan fingerprint density at radius 1 is 1.17 bits per heavy atom. The van der Waals surface area contributed by atoms with Crippen molar-refractivity contribution in [2.24, 2.45) is 5.92 Å². The van der Waals surface area contributed by atoms with Gasteiger partial charge < -0.3 is 14.9 Å². The molecule has 30 heavy (non-hydrogen) atoms. The minimum atomic E-state index is -0.408. The predicted molar refractivity (Wildman–Crippen MR) is 119 cm³/mol. The van der Waals surface area contributed by atoms with Gasteiger partial charge in [-0.2, -0.15) is 0 Å². The first-order valence-corrected chi connectivity index (χ1v) is 11.1. The summed E-state index contributed by atoms with van der Waals surface area (Å²) in [7, 11) is 0. The number of piperazine rings is 1. The molecule has 1 N–H and O–H groups in total. The van der Waals surface area contributed by atoms with E-state index in [-0.39, 0.29) is 17.3 Å². The highest BCUT2D eigenvalue weighted by atomic mass is 32.2. The van der Waals surface area contributed by atoms with Crippen LogP contribution in [0.5, 0.6) is 5.75 Å². The van der Waals surface area contributed by atoms with Crippen molar-refractivity contribution in [1.82, 2.24) is 4.90 Å². The Bertz CT molecular complexity index is 911. The Kier molecular flexibility index (Phi) is 7.20. The number of amides is 1. The van der Waals surface area contributed by atoms with E-state index in [1.165, 1.54) is 17.8 Å². The first-order valence-electron chi connectivity index (χ1n) is 10.1. The van der Waals surface area contributed by atoms with E-state index in [9.17, 15) is 20.0 Å². The van der Waals surface area contributed by atoms with Crippen LogP contribution in [0.2, 0.25) is 0 Å². The van der Waals surface area contributed by atoms with Gasteiger partial charge in [-0.1, -0.05) is 19.9 Å². The van der Waals surface area contributed by atoms with Crippen LogP contribution in [0.4, 0.5) is 11.4 Å². The number of hydrogen-bond acceptors (Lipinski definition) is 6. The monoisotopic (exact) mass is 429 g/mol. The van der Waals surface area contributed by atoms with E-state index >= 15 is 0 Å². The molecule has 1 aliphatic rings. The lowest BCUT2D eigenvalue weighted by Crippen LogP contribution is -2.48. The van der Waals surface area contributed by atoms with Crippen molar-refractivity contribution in [2.75, 3.05) is 36.8 Å². The molecule has 0 saturated carbocycles. The number of aromatic hydroxyl groups is 1. The molecule has 3 rings (SSSR count). The van der Waals surface area contributed by atoms with Gasteiger partial charge in [-0.25, -0.2) is 0 Å². The normalized spacial score (nSPS) is 14.2. The van der Waals surface area contributed by atoms with Crippen LogP contribution in [-0.2, 0) is 0 Å². The second-order valence-corrected chi connectivity index (χ2v) is 8.91. The van der Waals surface area contributed by atoms with E-state index in [1.807, 2.05) is 6.07 Å². The Balaban J connectivity index is 1.66. The van der Waals surface area contributed by atoms with Gasteiger partial charge in [0.1, 0.15) is 5.75 Å². The van der Waals surface area contributed by atoms with Gasteiger partial charge in [0, 0.05) is 49.6 Å². The lowest BCUT2D eigenvalue weighted by Gasteiger charge is -2.36. The molecular weight excluding hydrogens is 402 g/mol. The maximum Gasteiger partial charge on any atom is 0.283 e. The van der Waals surface area contributed by atoms with Gasteiger partial charge in [0.15, 0.2) is 0 Å². The largest absolute Gasteiger partial charge is 0.508 e. The molecule has 0 unspecified atom stereocenters. The number of nitro benzene ring substituents is 1. The lowest BCUT2D eigenvalue weighted by atomic mass is 10.1. The van der Waals surface area contributed by atoms with E-state index in [4.69, 9.17) is 0 Å². The van der Waals surface area contributed by atoms with Crippen molar-refractivity contribution < 1.29 is 14.8 Å². The summed E-state index contributed by atoms with van der Waals surface area (Å²) >= 11 is 1.47. The molecule has 2 aromatic rings. The van der Waals surface area contributed by atoms with Gasteiger partial charge in [0.05, 0.1) is 9.82 Å². The first kappa shape index (κ1) is 22.0. The maximum atomic E-state index is 12.9. The van der Waals surface area contributed by atoms with Gasteiger partial charge in [-0.05, 0) is 42.4 Å². The number of rotatable bonds is 7. The van der Waals surface area contributed by atoms with Crippen LogP contribution in [0.15, 0.2) is 47.4 Å². The molecular formula is C22H27N3O4S. The van der Waals surface area contributed by atoms with Gasteiger partial charge in [0.25, 0.3) is 11.6 Å². The summed E-state index contributed by atoms with van der Waals surface area (Å²) in [5.41, 5.74) is 1.26. The summed E-state index contributed by atoms with van der Waals surface area (Å²) in [6.45, 7) is 6.56. The number of carbonyl (C=O) groups is 1. The quantitative estimate of drug-likeness (QED) is 0.399. The third-order valence-electron chi connectivity index (χ3n) is 5.12. The zero-order chi connectivity index (χ0) is 21.7. The molecule has 0 atom stereocenters. The third kappa shape index (κ3) is 5.44. The number of phenolic OH excluding ortho intramolecular Hbond substituents is 1. The molecule has 8 heteroatoms. The minimum Gasteiger partial charge on any atom is -0.508 e. The van der Waals surface area contributed by atoms with Gasteiger partial charge in [0.2, 0.25) is 0 Å². The summed E-state index contributed by atoms with van der Waals surface area (Å²) in [4.78, 5) is 28.5. The third-order valence-corrected chi connectivity index (χ3v) is 6.21. The SMILES string of the molecule is CC(C)CCSc1ccc(C(=O)N2CCN(c3cccc(O)c3)CC2)cc1[N+](=O)[O-]. The van der Waals surface area contributed by atoms with Crippen molar-refractivity contribution in [1.29, 1.82) is 0 Å². The highest BCUT2D eigenvalue weighted by molar-refractivity contribution is 7.99. The average Bonchev–Trinajstić information content (AvgIpc) is 2.73. The predicted octanol–water partition coefficient (Wildman–Crippen LogP) is 4.40. The fraction of sp³-hybridized carbons (Fsp3) is 0.409. The molecule has 1 heterocycles. The van der Waals surface area contributed by atoms with Crippen molar-refractivity contribution in [2.45, 2.75) is 25.2 Å². The standard InChI is InChI=1S/C22H27N3O4S/c1-16(2)8-13-30-21-7-6-17(14-20(21)25(28)29)22(27)24-11-9-23(10-12-24)18-4-3-5-19(26)15-18/h3-7,14-16,26H,8-13H2,1-2H3. The van der Waals surface area contributed by atoms with Crippen molar-refractivity contribution in [3.63, 3.8) is 0 Å². The minimum absolute atomic E-state index is 0.00648. The second kappa shape index (κ2) is 9.84. The number of nitro groups is 1. The second-order valence-electron chi connectivity index (χ2n) is 7.77. The Hall–Kier alpha value is -2.74. The summed E-state index contributed by atoms with van der Waals surface area (Å²) < 4.78 is 0. The summed E-state index contributed by atoms with van der Waals surface area (Å²) in [6, 6.07) is 11.8. The van der Waals surface area contributed by atoms with Crippen molar-refractivity contribution in [3.05, 3.63) is 58.1 Å². The number of anilines is 1. The maximum absolute atomic E-state index is 12.9. The first-order chi connectivity index (χ1) is 14.3. The average molecular weight is 430 g/mol. The number of carbonyl (C=O) groups excluding carboxylic acids is 1. The number of nitrogens with zero attached hydrogens (tertiary/aromatic N) is 3. The summed E-state index contributed by atoms with van der Waals surface area (Å²) in [5.74, 6) is 1.37. The Morgan fingerprint density at radius 3 is 2.53 bits per heavy atom. The zero-order valence-electron chi connectivity index (χ0n) is 17.3. The van der Waals surface area contributed by atoms with Crippen LogP contribution in [0, 0.1) is 16.0 Å². The number of phenols is 1. The topological polar surface area (TPSA) is 86.9 Å². The smallest absolute Gasteiger partial charge is 0.283 e. The lowest BCUT2D eigenvalue weighted by molar-refractivity contribution is -0.387. The van der Waals surface area contributed by atoms with E-state index in [0.717, 1.165) is 17.9 Å². The van der Waals surface area contributed by atoms with Crippen LogP contribution >= 0.6 is 11.8 Å². The fourth-order valence-corrected chi connectivity index (χ4v) is 4.61. The van der Waals surface area contributed by atoms with Crippen molar-refractivity contribution in [3.8, 4) is 5.75 Å². The molecule has 0 aromatic heterocycles. The van der Waals surface area contributed by atoms with E-state index in [1.54, 1.807) is 35.2 Å². The Labute approximate surface area is 180 Å². The molecule has 1 saturated heterocycles. The highest BCUT2D eigenvalue weighted by Gasteiger charge is 2.25. The van der Waals surface area contributed by atoms with E-state index in [0.29, 0.717) is 42.6 Å². The molecule has 2 aromatic carbocycles. The van der Waals surface area contributed by atoms with Crippen LogP contribution in [0.3, 0.4) is 0 Å². The molecule has 1 fully saturated rings. The zero-order valence-corrected chi connectivity index (χ0v) is 18.1. The molecule has 1 aliphatic heterocycles. The number of thioether (sulfide) groups is 1. The molecule has 7 nitrogen and oxygen atoms in total. The summed E-state index contributed by atoms with van der Waals surface area (Å²) in [5, 5.41) is 21.2. The van der Waals surface area contributed by atoms with Crippen LogP contribution in [0.25, 0.3) is 0 Å². The molecule has 0 spiro atoms. The molecule has 0 aliphatic carbocycles. The molecule has 0 bridgehead atoms. The van der Waals surface area contributed by atoms with Crippen molar-refractivity contribution >= 4 is 29.0 Å². The van der Waals surface area contributed by atoms with Crippen LogP contribution in [0.1, 0.15) is 30.6 Å².